The second-order valence-corrected chi connectivity index (χ2v) is 15.4. The van der Waals surface area contributed by atoms with Crippen LogP contribution in [0.25, 0.3) is 22.3 Å². The summed E-state index contributed by atoms with van der Waals surface area (Å²) >= 11 is 0. The number of ether oxygens (including phenoxy) is 2. The molecule has 4 heterocycles. The van der Waals surface area contributed by atoms with Crippen molar-refractivity contribution in [1.29, 1.82) is 0 Å². The number of aromatic nitrogens is 4. The molecule has 1 aliphatic carbocycles. The van der Waals surface area contributed by atoms with Crippen LogP contribution in [0.4, 0.5) is 0 Å². The molecule has 5 rings (SSSR count). The summed E-state index contributed by atoms with van der Waals surface area (Å²) in [4.78, 5) is 13.7. The van der Waals surface area contributed by atoms with Gasteiger partial charge in [0.2, 0.25) is 0 Å². The fourth-order valence-corrected chi connectivity index (χ4v) is 4.82. The summed E-state index contributed by atoms with van der Waals surface area (Å²) in [6.07, 6.45) is 13.7. The molecule has 3 aromatic rings. The number of imidazole rings is 1. The molecule has 1 aliphatic heterocycles. The molecule has 0 aromatic carbocycles. The summed E-state index contributed by atoms with van der Waals surface area (Å²) in [5, 5.41) is 0. The maximum Gasteiger partial charge on any atom is 0.159 e. The van der Waals surface area contributed by atoms with E-state index in [9.17, 15) is 0 Å². The Balaban J connectivity index is 1.58. The molecule has 7 nitrogen and oxygen atoms in total. The highest BCUT2D eigenvalue weighted by Crippen LogP contribution is 2.37. The molecule has 32 heavy (non-hydrogen) atoms. The molecule has 0 N–H and O–H groups in total. The van der Waals surface area contributed by atoms with Gasteiger partial charge in [-0.25, -0.2) is 9.97 Å². The van der Waals surface area contributed by atoms with E-state index in [1.54, 1.807) is 7.11 Å². The zero-order valence-electron chi connectivity index (χ0n) is 19.3. The van der Waals surface area contributed by atoms with Crippen LogP contribution in [0.3, 0.4) is 0 Å². The first-order valence-electron chi connectivity index (χ1n) is 10.9. The normalized spacial score (nSPS) is 20.6. The number of methoxy groups -OCH3 is 1. The Labute approximate surface area is 188 Å². The highest BCUT2D eigenvalue weighted by molar-refractivity contribution is 6.76. The standard InChI is InChI=1S/C24H29N5O2Si/c1-24(30-2)7-6-20-18(11-24)19(14-26-20)21-10-22-23(27-13-17-12-25-15-28(17)22)29(21)16-31-8-9-32(3,4)5/h6-7,10-15H,8-9,16H2,1-5H3. The van der Waals surface area contributed by atoms with Crippen molar-refractivity contribution in [1.82, 2.24) is 18.9 Å². The Bertz CT molecular complexity index is 1320. The van der Waals surface area contributed by atoms with E-state index in [0.29, 0.717) is 6.73 Å². The highest BCUT2D eigenvalue weighted by atomic mass is 28.3. The number of allylic oxidation sites excluding steroid dienone is 3. The molecule has 0 amide bonds. The molecule has 166 valence electrons. The molecule has 0 bridgehead atoms. The lowest BCUT2D eigenvalue weighted by atomic mass is 9.89. The zero-order chi connectivity index (χ0) is 22.5. The first-order chi connectivity index (χ1) is 15.3. The second-order valence-electron chi connectivity index (χ2n) is 9.80. The maximum atomic E-state index is 6.16. The lowest BCUT2D eigenvalue weighted by Crippen LogP contribution is -2.26. The van der Waals surface area contributed by atoms with Crippen LogP contribution in [0.1, 0.15) is 12.6 Å². The van der Waals surface area contributed by atoms with Crippen molar-refractivity contribution in [2.24, 2.45) is 4.99 Å². The Morgan fingerprint density at radius 3 is 2.78 bits per heavy atom. The van der Waals surface area contributed by atoms with Gasteiger partial charge in [0.25, 0.3) is 0 Å². The summed E-state index contributed by atoms with van der Waals surface area (Å²) < 4.78 is 16.1. The van der Waals surface area contributed by atoms with Crippen molar-refractivity contribution in [3.8, 4) is 0 Å². The van der Waals surface area contributed by atoms with Crippen LogP contribution in [0.5, 0.6) is 0 Å². The molecule has 1 unspecified atom stereocenters. The van der Waals surface area contributed by atoms with Gasteiger partial charge in [0, 0.05) is 39.1 Å². The molecule has 3 aromatic heterocycles. The van der Waals surface area contributed by atoms with Gasteiger partial charge in [0.15, 0.2) is 5.65 Å². The Kier molecular flexibility index (Phi) is 5.03. The summed E-state index contributed by atoms with van der Waals surface area (Å²) in [7, 11) is 0.562. The summed E-state index contributed by atoms with van der Waals surface area (Å²) in [5.41, 5.74) is 6.47. The Morgan fingerprint density at radius 2 is 2.00 bits per heavy atom. The largest absolute Gasteiger partial charge is 0.370 e. The number of hydrogen-bond acceptors (Lipinski definition) is 5. The zero-order valence-corrected chi connectivity index (χ0v) is 20.3. The topological polar surface area (TPSA) is 65.9 Å². The van der Waals surface area contributed by atoms with Crippen molar-refractivity contribution >= 4 is 36.0 Å². The van der Waals surface area contributed by atoms with Gasteiger partial charge in [-0.2, -0.15) is 0 Å². The lowest BCUT2D eigenvalue weighted by Gasteiger charge is -2.25. The minimum Gasteiger partial charge on any atom is -0.370 e. The Hall–Kier alpha value is -2.81. The van der Waals surface area contributed by atoms with Crippen LogP contribution >= 0.6 is 0 Å². The Morgan fingerprint density at radius 1 is 1.16 bits per heavy atom. The van der Waals surface area contributed by atoms with E-state index in [-0.39, 0.29) is 0 Å². The van der Waals surface area contributed by atoms with Gasteiger partial charge in [0.05, 0.1) is 41.2 Å². The molecule has 0 saturated carbocycles. The third-order valence-corrected chi connectivity index (χ3v) is 7.83. The minimum absolute atomic E-state index is 0.438. The van der Waals surface area contributed by atoms with E-state index < -0.39 is 13.7 Å². The van der Waals surface area contributed by atoms with Crippen LogP contribution in [0, 0.1) is 0 Å². The van der Waals surface area contributed by atoms with Gasteiger partial charge in [0.1, 0.15) is 12.3 Å². The number of fused-ring (bicyclic) bond motifs is 4. The third-order valence-electron chi connectivity index (χ3n) is 6.13. The van der Waals surface area contributed by atoms with Crippen LogP contribution in [0.2, 0.25) is 25.7 Å². The maximum absolute atomic E-state index is 6.16. The van der Waals surface area contributed by atoms with Crippen molar-refractivity contribution in [2.45, 2.75) is 44.9 Å². The predicted octanol–water partition coefficient (Wildman–Crippen LogP) is 4.69. The van der Waals surface area contributed by atoms with E-state index in [1.165, 1.54) is 0 Å². The van der Waals surface area contributed by atoms with Crippen molar-refractivity contribution in [3.05, 3.63) is 60.5 Å². The van der Waals surface area contributed by atoms with E-state index >= 15 is 0 Å². The van der Waals surface area contributed by atoms with E-state index in [2.05, 4.69) is 57.7 Å². The van der Waals surface area contributed by atoms with Crippen LogP contribution in [0.15, 0.2) is 59.8 Å². The number of rotatable bonds is 7. The van der Waals surface area contributed by atoms with Crippen molar-refractivity contribution in [2.75, 3.05) is 13.7 Å². The summed E-state index contributed by atoms with van der Waals surface area (Å²) in [6, 6.07) is 3.28. The van der Waals surface area contributed by atoms with Gasteiger partial charge in [-0.3, -0.25) is 14.0 Å². The van der Waals surface area contributed by atoms with E-state index in [4.69, 9.17) is 14.5 Å². The van der Waals surface area contributed by atoms with Gasteiger partial charge in [-0.05, 0) is 37.3 Å². The third kappa shape index (κ3) is 3.68. The molecule has 8 heteroatoms. The first-order valence-corrected chi connectivity index (χ1v) is 14.6. The summed E-state index contributed by atoms with van der Waals surface area (Å²) in [6.45, 7) is 10.3. The quantitative estimate of drug-likeness (QED) is 0.389. The minimum atomic E-state index is -1.17. The lowest BCUT2D eigenvalue weighted by molar-refractivity contribution is 0.0891. The molecule has 1 atom stereocenters. The van der Waals surface area contributed by atoms with Crippen LogP contribution < -0.4 is 0 Å². The van der Waals surface area contributed by atoms with Crippen molar-refractivity contribution < 1.29 is 9.47 Å². The number of nitrogens with zero attached hydrogens (tertiary/aromatic N) is 5. The van der Waals surface area contributed by atoms with Crippen LogP contribution in [-0.4, -0.2) is 52.0 Å². The average molecular weight is 448 g/mol. The molecular weight excluding hydrogens is 418 g/mol. The number of hydrogen-bond donors (Lipinski definition) is 0. The van der Waals surface area contributed by atoms with E-state index in [1.807, 2.05) is 37.1 Å². The van der Waals surface area contributed by atoms with Gasteiger partial charge < -0.3 is 9.47 Å². The second kappa shape index (κ2) is 7.65. The van der Waals surface area contributed by atoms with Crippen molar-refractivity contribution in [3.63, 3.8) is 0 Å². The highest BCUT2D eigenvalue weighted by Gasteiger charge is 2.30. The molecule has 0 fully saturated rings. The smallest absolute Gasteiger partial charge is 0.159 e. The molecule has 2 aliphatic rings. The van der Waals surface area contributed by atoms with Gasteiger partial charge >= 0.3 is 0 Å². The number of aliphatic imine (C=N–C) groups is 1. The molecular formula is C24H29N5O2Si. The summed E-state index contributed by atoms with van der Waals surface area (Å²) in [5.74, 6) is 0. The average Bonchev–Trinajstić information content (AvgIpc) is 3.46. The van der Waals surface area contributed by atoms with Gasteiger partial charge in [-0.15, -0.1) is 0 Å². The fraction of sp³-hybridized carbons (Fsp3) is 0.375. The van der Waals surface area contributed by atoms with Gasteiger partial charge in [-0.1, -0.05) is 19.6 Å². The first kappa shape index (κ1) is 21.1. The monoisotopic (exact) mass is 447 g/mol. The molecule has 0 radical (unpaired) electrons. The van der Waals surface area contributed by atoms with E-state index in [0.717, 1.165) is 51.9 Å². The molecule has 0 saturated heterocycles. The predicted molar refractivity (Wildman–Crippen MR) is 131 cm³/mol. The van der Waals surface area contributed by atoms with Crippen LogP contribution in [-0.2, 0) is 16.2 Å². The molecule has 0 spiro atoms. The fourth-order valence-electron chi connectivity index (χ4n) is 4.06. The SMILES string of the molecule is COC1(C)C=CC2=NC=C(c3cc4c(ncc5cncn54)n3COCC[Si](C)(C)C)C2=C1.